The maximum absolute atomic E-state index is 12.7. The molecular weight excluding hydrogens is 316 g/mol. The third-order valence-electron chi connectivity index (χ3n) is 3.47. The first-order valence-electron chi connectivity index (χ1n) is 6.21. The third-order valence-corrected chi connectivity index (χ3v) is 7.28. The second kappa shape index (κ2) is 5.94. The van der Waals surface area contributed by atoms with Gasteiger partial charge in [-0.25, -0.2) is 8.42 Å². The summed E-state index contributed by atoms with van der Waals surface area (Å²) in [4.78, 5) is 0.0733. The van der Waals surface area contributed by atoms with Gasteiger partial charge in [-0.05, 0) is 25.1 Å². The maximum atomic E-state index is 12.7. The van der Waals surface area contributed by atoms with Gasteiger partial charge in [0.05, 0.1) is 16.7 Å². The Hall–Kier alpha value is -0.740. The van der Waals surface area contributed by atoms with Gasteiger partial charge in [-0.3, -0.25) is 0 Å². The van der Waals surface area contributed by atoms with E-state index in [0.29, 0.717) is 12.1 Å². The minimum absolute atomic E-state index is 0.0733. The van der Waals surface area contributed by atoms with Gasteiger partial charge in [0.25, 0.3) is 0 Å². The largest absolute Gasteiger partial charge is 0.244 e. The number of hydrogen-bond donors (Lipinski definition) is 0. The standard InChI is InChI=1S/C13H15ClN2O2S2/c1-9-10(2)19-6-5-16(9)20(17,18)13-4-3-11(8-15)7-12(13)14/h3-4,7,9-10H,5-6H2,1-2H3. The van der Waals surface area contributed by atoms with Gasteiger partial charge in [0.2, 0.25) is 10.0 Å². The summed E-state index contributed by atoms with van der Waals surface area (Å²) in [6.45, 7) is 4.41. The molecule has 1 saturated heterocycles. The fourth-order valence-electron chi connectivity index (χ4n) is 2.15. The quantitative estimate of drug-likeness (QED) is 0.836. The van der Waals surface area contributed by atoms with Gasteiger partial charge in [-0.2, -0.15) is 21.3 Å². The van der Waals surface area contributed by atoms with Crippen LogP contribution in [0.4, 0.5) is 0 Å². The van der Waals surface area contributed by atoms with Gasteiger partial charge in [0.1, 0.15) is 4.90 Å². The van der Waals surface area contributed by atoms with Crippen LogP contribution >= 0.6 is 23.4 Å². The zero-order chi connectivity index (χ0) is 14.9. The van der Waals surface area contributed by atoms with Crippen molar-refractivity contribution in [2.75, 3.05) is 12.3 Å². The van der Waals surface area contributed by atoms with E-state index in [9.17, 15) is 8.42 Å². The predicted molar refractivity (Wildman–Crippen MR) is 81.4 cm³/mol. The predicted octanol–water partition coefficient (Wildman–Crippen LogP) is 2.73. The number of halogens is 1. The van der Waals surface area contributed by atoms with Gasteiger partial charge >= 0.3 is 0 Å². The lowest BCUT2D eigenvalue weighted by molar-refractivity contribution is 0.340. The van der Waals surface area contributed by atoms with Gasteiger partial charge in [0.15, 0.2) is 0 Å². The van der Waals surface area contributed by atoms with Crippen molar-refractivity contribution in [1.29, 1.82) is 5.26 Å². The minimum Gasteiger partial charge on any atom is -0.207 e. The molecule has 0 radical (unpaired) electrons. The summed E-state index contributed by atoms with van der Waals surface area (Å²) in [5.74, 6) is 0.776. The molecule has 2 atom stereocenters. The molecule has 4 nitrogen and oxygen atoms in total. The van der Waals surface area contributed by atoms with E-state index in [2.05, 4.69) is 0 Å². The van der Waals surface area contributed by atoms with E-state index in [-0.39, 0.29) is 21.2 Å². The van der Waals surface area contributed by atoms with Crippen LogP contribution in [0, 0.1) is 11.3 Å². The molecule has 1 aliphatic heterocycles. The molecule has 0 amide bonds. The molecule has 1 aromatic carbocycles. The molecule has 0 bridgehead atoms. The highest BCUT2D eigenvalue weighted by atomic mass is 35.5. The molecule has 0 saturated carbocycles. The molecule has 0 N–H and O–H groups in total. The summed E-state index contributed by atoms with van der Waals surface area (Å²) < 4.78 is 26.9. The molecule has 2 unspecified atom stereocenters. The van der Waals surface area contributed by atoms with Crippen molar-refractivity contribution < 1.29 is 8.42 Å². The van der Waals surface area contributed by atoms with E-state index >= 15 is 0 Å². The Morgan fingerprint density at radius 2 is 2.15 bits per heavy atom. The summed E-state index contributed by atoms with van der Waals surface area (Å²) in [5, 5.41) is 9.16. The first-order valence-corrected chi connectivity index (χ1v) is 9.07. The summed E-state index contributed by atoms with van der Waals surface area (Å²) >= 11 is 7.80. The van der Waals surface area contributed by atoms with Gasteiger partial charge in [-0.15, -0.1) is 0 Å². The van der Waals surface area contributed by atoms with Crippen LogP contribution in [-0.2, 0) is 10.0 Å². The highest BCUT2D eigenvalue weighted by Gasteiger charge is 2.35. The highest BCUT2D eigenvalue weighted by Crippen LogP contribution is 2.32. The zero-order valence-electron chi connectivity index (χ0n) is 11.2. The van der Waals surface area contributed by atoms with Crippen molar-refractivity contribution in [3.8, 4) is 6.07 Å². The summed E-state index contributed by atoms with van der Waals surface area (Å²) in [6, 6.07) is 6.15. The van der Waals surface area contributed by atoms with Crippen LogP contribution in [0.25, 0.3) is 0 Å². The number of nitrogens with zero attached hydrogens (tertiary/aromatic N) is 2. The van der Waals surface area contributed by atoms with Crippen molar-refractivity contribution in [3.05, 3.63) is 28.8 Å². The SMILES string of the molecule is CC1SCCN(S(=O)(=O)c2ccc(C#N)cc2Cl)C1C. The first-order chi connectivity index (χ1) is 9.37. The van der Waals surface area contributed by atoms with E-state index < -0.39 is 10.0 Å². The van der Waals surface area contributed by atoms with E-state index in [0.717, 1.165) is 5.75 Å². The van der Waals surface area contributed by atoms with Crippen LogP contribution < -0.4 is 0 Å². The monoisotopic (exact) mass is 330 g/mol. The molecule has 2 rings (SSSR count). The lowest BCUT2D eigenvalue weighted by Gasteiger charge is -2.36. The highest BCUT2D eigenvalue weighted by molar-refractivity contribution is 8.00. The molecule has 0 spiro atoms. The van der Waals surface area contributed by atoms with Crippen LogP contribution in [-0.4, -0.2) is 36.3 Å². The smallest absolute Gasteiger partial charge is 0.207 e. The Bertz CT molecular complexity index is 655. The minimum atomic E-state index is -3.62. The van der Waals surface area contributed by atoms with E-state index in [1.165, 1.54) is 22.5 Å². The molecule has 7 heteroatoms. The molecule has 1 heterocycles. The van der Waals surface area contributed by atoms with Gasteiger partial charge in [0, 0.05) is 23.6 Å². The van der Waals surface area contributed by atoms with Crippen LogP contribution in [0.2, 0.25) is 5.02 Å². The number of benzene rings is 1. The summed E-state index contributed by atoms with van der Waals surface area (Å²) in [6.07, 6.45) is 0. The molecular formula is C13H15ClN2O2S2. The average molecular weight is 331 g/mol. The van der Waals surface area contributed by atoms with Gasteiger partial charge < -0.3 is 0 Å². The second-order valence-electron chi connectivity index (χ2n) is 4.69. The normalized spacial score (nSPS) is 24.3. The van der Waals surface area contributed by atoms with Crippen molar-refractivity contribution >= 4 is 33.4 Å². The van der Waals surface area contributed by atoms with Crippen molar-refractivity contribution in [1.82, 2.24) is 4.31 Å². The molecule has 20 heavy (non-hydrogen) atoms. The Kier molecular flexibility index (Phi) is 4.65. The maximum Gasteiger partial charge on any atom is 0.244 e. The van der Waals surface area contributed by atoms with Gasteiger partial charge in [-0.1, -0.05) is 18.5 Å². The van der Waals surface area contributed by atoms with Crippen LogP contribution in [0.3, 0.4) is 0 Å². The summed E-state index contributed by atoms with van der Waals surface area (Å²) in [7, 11) is -3.62. The molecule has 108 valence electrons. The van der Waals surface area contributed by atoms with Crippen LogP contribution in [0.5, 0.6) is 0 Å². The molecule has 0 aromatic heterocycles. The molecule has 1 fully saturated rings. The Balaban J connectivity index is 2.43. The molecule has 1 aliphatic rings. The van der Waals surface area contributed by atoms with Crippen molar-refractivity contribution in [2.24, 2.45) is 0 Å². The van der Waals surface area contributed by atoms with E-state index in [4.69, 9.17) is 16.9 Å². The lowest BCUT2D eigenvalue weighted by atomic mass is 10.2. The second-order valence-corrected chi connectivity index (χ2v) is 8.44. The Morgan fingerprint density at radius 1 is 1.45 bits per heavy atom. The van der Waals surface area contributed by atoms with Crippen LogP contribution in [0.15, 0.2) is 23.1 Å². The lowest BCUT2D eigenvalue weighted by Crippen LogP contribution is -2.47. The first kappa shape index (κ1) is 15.6. The average Bonchev–Trinajstić information content (AvgIpc) is 2.41. The van der Waals surface area contributed by atoms with Crippen molar-refractivity contribution in [2.45, 2.75) is 30.0 Å². The van der Waals surface area contributed by atoms with Crippen LogP contribution in [0.1, 0.15) is 19.4 Å². The Labute approximate surface area is 128 Å². The van der Waals surface area contributed by atoms with E-state index in [1.54, 1.807) is 11.8 Å². The number of nitriles is 1. The summed E-state index contributed by atoms with van der Waals surface area (Å²) in [5.41, 5.74) is 0.351. The topological polar surface area (TPSA) is 61.2 Å². The fraction of sp³-hybridized carbons (Fsp3) is 0.462. The number of hydrogen-bond acceptors (Lipinski definition) is 4. The number of sulfonamides is 1. The Morgan fingerprint density at radius 3 is 2.75 bits per heavy atom. The van der Waals surface area contributed by atoms with E-state index in [1.807, 2.05) is 19.9 Å². The number of rotatable bonds is 2. The van der Waals surface area contributed by atoms with Crippen molar-refractivity contribution in [3.63, 3.8) is 0 Å². The zero-order valence-corrected chi connectivity index (χ0v) is 13.6. The third kappa shape index (κ3) is 2.82. The fourth-order valence-corrected chi connectivity index (χ4v) is 5.67. The number of thioether (sulfide) groups is 1. The molecule has 1 aromatic rings. The molecule has 0 aliphatic carbocycles.